The fraction of sp³-hybridized carbons (Fsp3) is 0.0500. The Balaban J connectivity index is 1.74. The van der Waals surface area contributed by atoms with E-state index in [2.05, 4.69) is 15.9 Å². The summed E-state index contributed by atoms with van der Waals surface area (Å²) in [6.45, 7) is 2.05. The molecule has 1 heterocycles. The molecule has 2 nitrogen and oxygen atoms in total. The van der Waals surface area contributed by atoms with Crippen LogP contribution in [0.15, 0.2) is 75.6 Å². The lowest BCUT2D eigenvalue weighted by molar-refractivity contribution is 0.104. The second-order valence-corrected chi connectivity index (χ2v) is 6.19. The van der Waals surface area contributed by atoms with Crippen LogP contribution >= 0.6 is 15.9 Å². The number of rotatable bonds is 4. The maximum atomic E-state index is 12.1. The summed E-state index contributed by atoms with van der Waals surface area (Å²) in [5.74, 6) is 1.40. The normalized spacial score (nSPS) is 11.0. The highest BCUT2D eigenvalue weighted by Crippen LogP contribution is 2.23. The van der Waals surface area contributed by atoms with Crippen molar-refractivity contribution in [3.63, 3.8) is 0 Å². The molecule has 0 radical (unpaired) electrons. The molecule has 0 aliphatic carbocycles. The predicted octanol–water partition coefficient (Wildman–Crippen LogP) is 5.91. The van der Waals surface area contributed by atoms with Crippen molar-refractivity contribution < 1.29 is 9.21 Å². The van der Waals surface area contributed by atoms with Crippen LogP contribution in [0.3, 0.4) is 0 Å². The maximum absolute atomic E-state index is 12.1. The van der Waals surface area contributed by atoms with Crippen LogP contribution in [0.5, 0.6) is 0 Å². The summed E-state index contributed by atoms with van der Waals surface area (Å²) < 4.78 is 6.72. The van der Waals surface area contributed by atoms with E-state index in [1.54, 1.807) is 18.2 Å². The van der Waals surface area contributed by atoms with E-state index in [4.69, 9.17) is 4.42 Å². The number of carbonyl (C=O) groups is 1. The molecule has 0 saturated carbocycles. The van der Waals surface area contributed by atoms with Crippen LogP contribution < -0.4 is 0 Å². The Bertz CT molecular complexity index is 840. The number of benzene rings is 2. The maximum Gasteiger partial charge on any atom is 0.185 e. The molecule has 0 unspecified atom stereocenters. The van der Waals surface area contributed by atoms with Crippen molar-refractivity contribution in [3.05, 3.63) is 88.1 Å². The molecular weight excluding hydrogens is 352 g/mol. The Kier molecular flexibility index (Phi) is 4.58. The molecule has 0 saturated heterocycles. The van der Waals surface area contributed by atoms with Gasteiger partial charge in [0, 0.05) is 15.6 Å². The highest BCUT2D eigenvalue weighted by atomic mass is 79.9. The number of carbonyl (C=O) groups excluding carboxylic acids is 1. The lowest BCUT2D eigenvalue weighted by atomic mass is 10.1. The zero-order valence-electron chi connectivity index (χ0n) is 12.6. The molecular formula is C20H15BrO2. The third kappa shape index (κ3) is 3.88. The van der Waals surface area contributed by atoms with E-state index < -0.39 is 0 Å². The van der Waals surface area contributed by atoms with Gasteiger partial charge in [-0.1, -0.05) is 45.8 Å². The number of hydrogen-bond donors (Lipinski definition) is 0. The van der Waals surface area contributed by atoms with E-state index >= 15 is 0 Å². The van der Waals surface area contributed by atoms with Crippen LogP contribution in [0.4, 0.5) is 0 Å². The van der Waals surface area contributed by atoms with Gasteiger partial charge in [0.25, 0.3) is 0 Å². The number of halogens is 1. The molecule has 0 spiro atoms. The molecule has 0 aliphatic heterocycles. The van der Waals surface area contributed by atoms with Crippen LogP contribution in [0.2, 0.25) is 0 Å². The van der Waals surface area contributed by atoms with Crippen LogP contribution in [0, 0.1) is 6.92 Å². The molecule has 2 aromatic carbocycles. The fourth-order valence-corrected chi connectivity index (χ4v) is 2.45. The lowest BCUT2D eigenvalue weighted by Crippen LogP contribution is -1.92. The molecule has 0 amide bonds. The number of ketones is 1. The third-order valence-electron chi connectivity index (χ3n) is 3.49. The largest absolute Gasteiger partial charge is 0.457 e. The SMILES string of the molecule is Cc1ccc(-c2ccc(/C=C/C(=O)c3ccc(Br)cc3)o2)cc1. The van der Waals surface area contributed by atoms with Crippen LogP contribution in [-0.2, 0) is 0 Å². The van der Waals surface area contributed by atoms with Gasteiger partial charge in [-0.05, 0) is 55.5 Å². The summed E-state index contributed by atoms with van der Waals surface area (Å²) >= 11 is 3.36. The van der Waals surface area contributed by atoms with E-state index in [1.807, 2.05) is 55.5 Å². The number of aryl methyl sites for hydroxylation is 1. The minimum Gasteiger partial charge on any atom is -0.457 e. The Morgan fingerprint density at radius 1 is 0.957 bits per heavy atom. The van der Waals surface area contributed by atoms with E-state index in [0.717, 1.165) is 15.8 Å². The highest BCUT2D eigenvalue weighted by Gasteiger charge is 2.04. The lowest BCUT2D eigenvalue weighted by Gasteiger charge is -1.97. The van der Waals surface area contributed by atoms with Gasteiger partial charge in [-0.3, -0.25) is 4.79 Å². The summed E-state index contributed by atoms with van der Waals surface area (Å²) in [5, 5.41) is 0. The van der Waals surface area contributed by atoms with Crippen molar-refractivity contribution >= 4 is 27.8 Å². The summed E-state index contributed by atoms with van der Waals surface area (Å²) in [6.07, 6.45) is 3.23. The van der Waals surface area contributed by atoms with Crippen molar-refractivity contribution in [3.8, 4) is 11.3 Å². The Hall–Kier alpha value is -2.39. The Morgan fingerprint density at radius 2 is 1.65 bits per heavy atom. The van der Waals surface area contributed by atoms with E-state index in [-0.39, 0.29) is 5.78 Å². The molecule has 0 fully saturated rings. The van der Waals surface area contributed by atoms with Gasteiger partial charge in [0.05, 0.1) is 0 Å². The Morgan fingerprint density at radius 3 is 2.35 bits per heavy atom. The van der Waals surface area contributed by atoms with Gasteiger partial charge >= 0.3 is 0 Å². The number of furan rings is 1. The van der Waals surface area contributed by atoms with Crippen molar-refractivity contribution in [2.45, 2.75) is 6.92 Å². The Labute approximate surface area is 143 Å². The van der Waals surface area contributed by atoms with Crippen molar-refractivity contribution in [2.75, 3.05) is 0 Å². The van der Waals surface area contributed by atoms with Gasteiger partial charge in [0.1, 0.15) is 11.5 Å². The standard InChI is InChI=1S/C20H15BrO2/c1-14-2-4-16(5-3-14)20-13-11-18(23-20)10-12-19(22)15-6-8-17(21)9-7-15/h2-13H,1H3/b12-10+. The van der Waals surface area contributed by atoms with Crippen LogP contribution in [0.25, 0.3) is 17.4 Å². The number of allylic oxidation sites excluding steroid dienone is 1. The second kappa shape index (κ2) is 6.80. The van der Waals surface area contributed by atoms with E-state index in [9.17, 15) is 4.79 Å². The fourth-order valence-electron chi connectivity index (χ4n) is 2.18. The summed E-state index contributed by atoms with van der Waals surface area (Å²) in [6, 6.07) is 19.2. The van der Waals surface area contributed by atoms with Gasteiger partial charge in [0.2, 0.25) is 0 Å². The molecule has 1 aromatic heterocycles. The van der Waals surface area contributed by atoms with Gasteiger partial charge in [-0.2, -0.15) is 0 Å². The monoisotopic (exact) mass is 366 g/mol. The molecule has 0 aliphatic rings. The first-order valence-electron chi connectivity index (χ1n) is 7.27. The molecule has 3 heteroatoms. The number of hydrogen-bond acceptors (Lipinski definition) is 2. The molecule has 23 heavy (non-hydrogen) atoms. The second-order valence-electron chi connectivity index (χ2n) is 5.27. The molecule has 0 bridgehead atoms. The molecule has 3 aromatic rings. The summed E-state index contributed by atoms with van der Waals surface area (Å²) in [4.78, 5) is 12.1. The average Bonchev–Trinajstić information content (AvgIpc) is 3.03. The van der Waals surface area contributed by atoms with E-state index in [0.29, 0.717) is 11.3 Å². The van der Waals surface area contributed by atoms with Gasteiger partial charge in [-0.25, -0.2) is 0 Å². The first-order chi connectivity index (χ1) is 11.1. The average molecular weight is 367 g/mol. The zero-order chi connectivity index (χ0) is 16.2. The van der Waals surface area contributed by atoms with Gasteiger partial charge in [-0.15, -0.1) is 0 Å². The molecule has 3 rings (SSSR count). The topological polar surface area (TPSA) is 30.2 Å². The van der Waals surface area contributed by atoms with Gasteiger partial charge < -0.3 is 4.42 Å². The summed E-state index contributed by atoms with van der Waals surface area (Å²) in [5.41, 5.74) is 2.88. The van der Waals surface area contributed by atoms with Crippen molar-refractivity contribution in [1.29, 1.82) is 0 Å². The van der Waals surface area contributed by atoms with Crippen LogP contribution in [0.1, 0.15) is 21.7 Å². The van der Waals surface area contributed by atoms with Gasteiger partial charge in [0.15, 0.2) is 5.78 Å². The van der Waals surface area contributed by atoms with Crippen molar-refractivity contribution in [1.82, 2.24) is 0 Å². The van der Waals surface area contributed by atoms with Crippen LogP contribution in [-0.4, -0.2) is 5.78 Å². The third-order valence-corrected chi connectivity index (χ3v) is 4.02. The quantitative estimate of drug-likeness (QED) is 0.424. The minimum atomic E-state index is -0.0502. The zero-order valence-corrected chi connectivity index (χ0v) is 14.2. The first-order valence-corrected chi connectivity index (χ1v) is 8.06. The smallest absolute Gasteiger partial charge is 0.185 e. The predicted molar refractivity (Wildman–Crippen MR) is 96.4 cm³/mol. The van der Waals surface area contributed by atoms with Crippen molar-refractivity contribution in [2.24, 2.45) is 0 Å². The minimum absolute atomic E-state index is 0.0502. The molecule has 0 atom stereocenters. The summed E-state index contributed by atoms with van der Waals surface area (Å²) in [7, 11) is 0. The molecule has 0 N–H and O–H groups in total. The molecule has 114 valence electrons. The van der Waals surface area contributed by atoms with E-state index in [1.165, 1.54) is 11.6 Å². The highest BCUT2D eigenvalue weighted by molar-refractivity contribution is 9.10. The first kappa shape index (κ1) is 15.5.